The van der Waals surface area contributed by atoms with Gasteiger partial charge in [0.15, 0.2) is 5.96 Å². The van der Waals surface area contributed by atoms with Crippen molar-refractivity contribution in [2.24, 2.45) is 4.99 Å². The molecule has 2 N–H and O–H groups in total. The molecule has 0 aromatic heterocycles. The van der Waals surface area contributed by atoms with Gasteiger partial charge in [-0.25, -0.2) is 4.99 Å². The van der Waals surface area contributed by atoms with E-state index >= 15 is 0 Å². The van der Waals surface area contributed by atoms with Crippen molar-refractivity contribution in [2.75, 3.05) is 27.2 Å². The van der Waals surface area contributed by atoms with E-state index in [1.54, 1.807) is 34.0 Å². The number of hydrogen-bond donors (Lipinski definition) is 2. The van der Waals surface area contributed by atoms with Crippen LogP contribution in [0.15, 0.2) is 29.3 Å². The van der Waals surface area contributed by atoms with Crippen LogP contribution in [0.1, 0.15) is 37.8 Å². The number of carbonyl (C=O) groups excluding carboxylic acids is 1. The van der Waals surface area contributed by atoms with Crippen LogP contribution in [0, 0.1) is 0 Å². The lowest BCUT2D eigenvalue weighted by Gasteiger charge is -2.26. The van der Waals surface area contributed by atoms with E-state index in [2.05, 4.69) is 15.6 Å². The molecular formula is C18H28F3IN4O. The van der Waals surface area contributed by atoms with Crippen LogP contribution in [0.25, 0.3) is 0 Å². The zero-order valence-electron chi connectivity index (χ0n) is 16.2. The van der Waals surface area contributed by atoms with Crippen LogP contribution in [0.3, 0.4) is 0 Å². The first-order valence-electron chi connectivity index (χ1n) is 8.49. The fraction of sp³-hybridized carbons (Fsp3) is 0.556. The lowest BCUT2D eigenvalue weighted by molar-refractivity contribution is -0.138. The van der Waals surface area contributed by atoms with E-state index in [9.17, 15) is 18.0 Å². The quantitative estimate of drug-likeness (QED) is 0.358. The maximum Gasteiger partial charge on any atom is 0.416 e. The van der Waals surface area contributed by atoms with Crippen LogP contribution < -0.4 is 10.6 Å². The van der Waals surface area contributed by atoms with Crippen molar-refractivity contribution >= 4 is 35.8 Å². The van der Waals surface area contributed by atoms with Crippen molar-refractivity contribution in [1.29, 1.82) is 0 Å². The number of carbonyl (C=O) groups is 1. The minimum absolute atomic E-state index is 0. The molecule has 2 unspecified atom stereocenters. The molecule has 1 aromatic carbocycles. The van der Waals surface area contributed by atoms with Crippen molar-refractivity contribution in [3.63, 3.8) is 0 Å². The predicted octanol–water partition coefficient (Wildman–Crippen LogP) is 3.46. The Morgan fingerprint density at radius 1 is 1.22 bits per heavy atom. The van der Waals surface area contributed by atoms with Crippen LogP contribution in [-0.2, 0) is 11.0 Å². The summed E-state index contributed by atoms with van der Waals surface area (Å²) < 4.78 is 39.7. The zero-order chi connectivity index (χ0) is 19.9. The molecule has 0 saturated heterocycles. The Morgan fingerprint density at radius 2 is 1.81 bits per heavy atom. The van der Waals surface area contributed by atoms with Crippen LogP contribution in [0.5, 0.6) is 0 Å². The van der Waals surface area contributed by atoms with Crippen molar-refractivity contribution in [1.82, 2.24) is 15.5 Å². The van der Waals surface area contributed by atoms with Gasteiger partial charge in [-0.3, -0.25) is 4.79 Å². The summed E-state index contributed by atoms with van der Waals surface area (Å²) in [5.74, 6) is -0.182. The zero-order valence-corrected chi connectivity index (χ0v) is 18.6. The Balaban J connectivity index is 0.00000676. The predicted molar refractivity (Wildman–Crippen MR) is 113 cm³/mol. The van der Waals surface area contributed by atoms with Crippen LogP contribution >= 0.6 is 24.0 Å². The Kier molecular flexibility index (Phi) is 10.7. The van der Waals surface area contributed by atoms with Gasteiger partial charge < -0.3 is 15.5 Å². The highest BCUT2D eigenvalue weighted by Gasteiger charge is 2.35. The smallest absolute Gasteiger partial charge is 0.357 e. The van der Waals surface area contributed by atoms with E-state index in [1.807, 2.05) is 6.92 Å². The van der Waals surface area contributed by atoms with E-state index in [1.165, 1.54) is 17.0 Å². The number of alkyl halides is 3. The summed E-state index contributed by atoms with van der Waals surface area (Å²) in [4.78, 5) is 17.3. The molecule has 0 saturated carbocycles. The topological polar surface area (TPSA) is 56.7 Å². The molecule has 1 rings (SSSR count). The van der Waals surface area contributed by atoms with Gasteiger partial charge >= 0.3 is 6.18 Å². The Bertz CT molecular complexity index is 635. The standard InChI is InChI=1S/C18H27F3N4O.HI/c1-6-22-17(23-11-16(26)25(4)5)24-13(3)12(2)14-9-7-8-10-15(14)18(19,20)21;/h7-10,12-13H,6,11H2,1-5H3,(H2,22,23,24);1H. The number of nitrogens with one attached hydrogen (secondary N) is 2. The van der Waals surface area contributed by atoms with Gasteiger partial charge in [-0.2, -0.15) is 13.2 Å². The van der Waals surface area contributed by atoms with E-state index in [4.69, 9.17) is 0 Å². The first-order chi connectivity index (χ1) is 12.1. The number of guanidine groups is 1. The number of benzene rings is 1. The summed E-state index contributed by atoms with van der Waals surface area (Å²) in [6.45, 7) is 5.93. The number of rotatable bonds is 6. The summed E-state index contributed by atoms with van der Waals surface area (Å²) >= 11 is 0. The number of amides is 1. The lowest BCUT2D eigenvalue weighted by Crippen LogP contribution is -2.45. The molecule has 2 atom stereocenters. The van der Waals surface area contributed by atoms with Gasteiger partial charge in [0.1, 0.15) is 6.54 Å². The minimum Gasteiger partial charge on any atom is -0.357 e. The Morgan fingerprint density at radius 3 is 2.33 bits per heavy atom. The lowest BCUT2D eigenvalue weighted by atomic mass is 9.90. The first kappa shape index (κ1) is 25.5. The largest absolute Gasteiger partial charge is 0.416 e. The molecule has 1 amide bonds. The summed E-state index contributed by atoms with van der Waals surface area (Å²) in [5, 5.41) is 6.09. The van der Waals surface area contributed by atoms with Gasteiger partial charge in [-0.05, 0) is 25.5 Å². The monoisotopic (exact) mass is 500 g/mol. The van der Waals surface area contributed by atoms with E-state index < -0.39 is 17.7 Å². The third-order valence-corrected chi connectivity index (χ3v) is 4.09. The van der Waals surface area contributed by atoms with Gasteiger partial charge in [0.05, 0.1) is 5.56 Å². The normalized spacial score (nSPS) is 14.0. The molecule has 5 nitrogen and oxygen atoms in total. The molecule has 0 aliphatic carbocycles. The minimum atomic E-state index is -4.40. The molecule has 0 spiro atoms. The van der Waals surface area contributed by atoms with Gasteiger partial charge in [0, 0.05) is 32.6 Å². The number of aliphatic imine (C=N–C) groups is 1. The van der Waals surface area contributed by atoms with Crippen LogP contribution in [0.2, 0.25) is 0 Å². The van der Waals surface area contributed by atoms with Crippen molar-refractivity contribution in [3.8, 4) is 0 Å². The molecule has 0 bridgehead atoms. The molecule has 9 heteroatoms. The fourth-order valence-electron chi connectivity index (χ4n) is 2.37. The summed E-state index contributed by atoms with van der Waals surface area (Å²) in [5.41, 5.74) is -0.411. The second-order valence-corrected chi connectivity index (χ2v) is 6.29. The highest BCUT2D eigenvalue weighted by atomic mass is 127. The summed E-state index contributed by atoms with van der Waals surface area (Å²) in [7, 11) is 3.27. The van der Waals surface area contributed by atoms with E-state index in [-0.39, 0.29) is 48.0 Å². The van der Waals surface area contributed by atoms with Gasteiger partial charge in [0.25, 0.3) is 0 Å². The molecule has 27 heavy (non-hydrogen) atoms. The van der Waals surface area contributed by atoms with Gasteiger partial charge in [0.2, 0.25) is 5.91 Å². The van der Waals surface area contributed by atoms with Crippen molar-refractivity contribution < 1.29 is 18.0 Å². The number of halogens is 4. The van der Waals surface area contributed by atoms with Crippen molar-refractivity contribution in [3.05, 3.63) is 35.4 Å². The number of likely N-dealkylation sites (N-methyl/N-ethyl adjacent to an activating group) is 1. The summed E-state index contributed by atoms with van der Waals surface area (Å²) in [6.07, 6.45) is -4.40. The van der Waals surface area contributed by atoms with Gasteiger partial charge in [-0.1, -0.05) is 25.1 Å². The molecule has 1 aromatic rings. The maximum atomic E-state index is 13.2. The second kappa shape index (κ2) is 11.4. The van der Waals surface area contributed by atoms with E-state index in [0.29, 0.717) is 12.5 Å². The first-order valence-corrected chi connectivity index (χ1v) is 8.49. The molecule has 0 aliphatic heterocycles. The summed E-state index contributed by atoms with van der Waals surface area (Å²) in [6, 6.07) is 5.24. The average Bonchev–Trinajstić information content (AvgIpc) is 2.57. The third kappa shape index (κ3) is 7.94. The van der Waals surface area contributed by atoms with Crippen LogP contribution in [-0.4, -0.2) is 50.0 Å². The van der Waals surface area contributed by atoms with Crippen LogP contribution in [0.4, 0.5) is 13.2 Å². The molecule has 0 heterocycles. The number of hydrogen-bond acceptors (Lipinski definition) is 2. The molecule has 154 valence electrons. The fourth-order valence-corrected chi connectivity index (χ4v) is 2.37. The van der Waals surface area contributed by atoms with Gasteiger partial charge in [-0.15, -0.1) is 24.0 Å². The highest BCUT2D eigenvalue weighted by Crippen LogP contribution is 2.35. The van der Waals surface area contributed by atoms with Crippen molar-refractivity contribution in [2.45, 2.75) is 38.9 Å². The molecular weight excluding hydrogens is 472 g/mol. The Hall–Kier alpha value is -1.52. The molecule has 0 fully saturated rings. The Labute approximate surface area is 175 Å². The second-order valence-electron chi connectivity index (χ2n) is 6.29. The molecule has 0 radical (unpaired) electrons. The van der Waals surface area contributed by atoms with E-state index in [0.717, 1.165) is 6.07 Å². The molecule has 0 aliphatic rings. The SMILES string of the molecule is CCNC(=NCC(=O)N(C)C)NC(C)C(C)c1ccccc1C(F)(F)F.I. The third-order valence-electron chi connectivity index (χ3n) is 4.09. The maximum absolute atomic E-state index is 13.2. The number of nitrogens with zero attached hydrogens (tertiary/aromatic N) is 2. The highest BCUT2D eigenvalue weighted by molar-refractivity contribution is 14.0. The average molecular weight is 500 g/mol.